The Balaban J connectivity index is 1.50. The fraction of sp³-hybridized carbons (Fsp3) is 0.0714. The molecule has 0 spiro atoms. The SMILES string of the molecule is Cc1ccc(-n2c(SCc3cccc(Oc4ccccc4)c3)nc3ccccc3c2=O)cc1Cl. The van der Waals surface area contributed by atoms with Gasteiger partial charge in [0.15, 0.2) is 5.16 Å². The zero-order valence-electron chi connectivity index (χ0n) is 18.4. The van der Waals surface area contributed by atoms with E-state index in [9.17, 15) is 4.79 Å². The predicted octanol–water partition coefficient (Wildman–Crippen LogP) is 7.43. The normalized spacial score (nSPS) is 11.0. The number of hydrogen-bond donors (Lipinski definition) is 0. The van der Waals surface area contributed by atoms with Crippen LogP contribution in [0.5, 0.6) is 11.5 Å². The van der Waals surface area contributed by atoms with E-state index in [1.807, 2.05) is 97.9 Å². The van der Waals surface area contributed by atoms with Gasteiger partial charge in [-0.2, -0.15) is 0 Å². The molecule has 0 aliphatic rings. The Morgan fingerprint density at radius 3 is 2.47 bits per heavy atom. The highest BCUT2D eigenvalue weighted by atomic mass is 35.5. The van der Waals surface area contributed by atoms with Gasteiger partial charge in [-0.15, -0.1) is 0 Å². The van der Waals surface area contributed by atoms with Gasteiger partial charge < -0.3 is 4.74 Å². The first kappa shape index (κ1) is 22.3. The summed E-state index contributed by atoms with van der Waals surface area (Å²) >= 11 is 7.89. The number of benzene rings is 4. The third-order valence-electron chi connectivity index (χ3n) is 5.40. The third-order valence-corrected chi connectivity index (χ3v) is 6.82. The Morgan fingerprint density at radius 2 is 1.65 bits per heavy atom. The highest BCUT2D eigenvalue weighted by Gasteiger charge is 2.14. The molecular formula is C28H21ClN2O2S. The lowest BCUT2D eigenvalue weighted by Gasteiger charge is -2.14. The maximum atomic E-state index is 13.5. The maximum Gasteiger partial charge on any atom is 0.266 e. The molecule has 5 aromatic rings. The number of halogens is 1. The van der Waals surface area contributed by atoms with Crippen LogP contribution in [-0.4, -0.2) is 9.55 Å². The van der Waals surface area contributed by atoms with Gasteiger partial charge in [0.2, 0.25) is 0 Å². The molecule has 0 saturated heterocycles. The predicted molar refractivity (Wildman–Crippen MR) is 140 cm³/mol. The molecular weight excluding hydrogens is 464 g/mol. The van der Waals surface area contributed by atoms with Gasteiger partial charge >= 0.3 is 0 Å². The van der Waals surface area contributed by atoms with Crippen molar-refractivity contribution in [3.63, 3.8) is 0 Å². The molecule has 34 heavy (non-hydrogen) atoms. The Hall–Kier alpha value is -3.54. The molecule has 5 rings (SSSR count). The van der Waals surface area contributed by atoms with Crippen molar-refractivity contribution >= 4 is 34.3 Å². The number of aromatic nitrogens is 2. The highest BCUT2D eigenvalue weighted by Crippen LogP contribution is 2.29. The van der Waals surface area contributed by atoms with Crippen LogP contribution in [0.2, 0.25) is 5.02 Å². The van der Waals surface area contributed by atoms with Crippen molar-refractivity contribution in [2.45, 2.75) is 17.8 Å². The summed E-state index contributed by atoms with van der Waals surface area (Å²) in [7, 11) is 0. The smallest absolute Gasteiger partial charge is 0.266 e. The van der Waals surface area contributed by atoms with Crippen LogP contribution in [0.1, 0.15) is 11.1 Å². The van der Waals surface area contributed by atoms with Crippen molar-refractivity contribution in [1.29, 1.82) is 0 Å². The molecule has 6 heteroatoms. The number of thioether (sulfide) groups is 1. The largest absolute Gasteiger partial charge is 0.457 e. The summed E-state index contributed by atoms with van der Waals surface area (Å²) in [6.45, 7) is 1.94. The van der Waals surface area contributed by atoms with Gasteiger partial charge in [-0.1, -0.05) is 71.9 Å². The molecule has 4 nitrogen and oxygen atoms in total. The van der Waals surface area contributed by atoms with Gasteiger partial charge in [0, 0.05) is 10.8 Å². The Labute approximate surface area is 206 Å². The summed E-state index contributed by atoms with van der Waals surface area (Å²) in [5.74, 6) is 2.17. The standard InChI is InChI=1S/C28H21ClN2O2S/c1-19-14-15-21(17-25(19)29)31-27(32)24-12-5-6-13-26(24)30-28(31)34-18-20-8-7-11-23(16-20)33-22-9-3-2-4-10-22/h2-17H,18H2,1H3. The van der Waals surface area contributed by atoms with Crippen molar-refractivity contribution in [2.24, 2.45) is 0 Å². The van der Waals surface area contributed by atoms with E-state index < -0.39 is 0 Å². The molecule has 0 aliphatic carbocycles. The first-order valence-electron chi connectivity index (χ1n) is 10.8. The molecule has 0 aliphatic heterocycles. The zero-order chi connectivity index (χ0) is 23.5. The molecule has 0 saturated carbocycles. The quantitative estimate of drug-likeness (QED) is 0.185. The van der Waals surface area contributed by atoms with Crippen LogP contribution in [0, 0.1) is 6.92 Å². The minimum atomic E-state index is -0.116. The molecule has 4 aromatic carbocycles. The summed E-state index contributed by atoms with van der Waals surface area (Å²) in [4.78, 5) is 18.3. The molecule has 1 heterocycles. The molecule has 1 aromatic heterocycles. The summed E-state index contributed by atoms with van der Waals surface area (Å²) in [5.41, 5.74) is 3.27. The van der Waals surface area contributed by atoms with E-state index >= 15 is 0 Å². The van der Waals surface area contributed by atoms with Crippen LogP contribution >= 0.6 is 23.4 Å². The lowest BCUT2D eigenvalue weighted by atomic mass is 10.2. The number of ether oxygens (including phenoxy) is 1. The number of fused-ring (bicyclic) bond motifs is 1. The Kier molecular flexibility index (Phi) is 6.39. The van der Waals surface area contributed by atoms with E-state index in [0.717, 1.165) is 22.6 Å². The Bertz CT molecular complexity index is 1530. The van der Waals surface area contributed by atoms with E-state index in [4.69, 9.17) is 21.3 Å². The molecule has 0 bridgehead atoms. The minimum absolute atomic E-state index is 0.116. The summed E-state index contributed by atoms with van der Waals surface area (Å²) in [6, 6.07) is 30.7. The first-order valence-corrected chi connectivity index (χ1v) is 12.2. The van der Waals surface area contributed by atoms with Gasteiger partial charge in [-0.3, -0.25) is 9.36 Å². The maximum absolute atomic E-state index is 13.5. The van der Waals surface area contributed by atoms with E-state index in [1.54, 1.807) is 10.6 Å². The number of rotatable bonds is 6. The van der Waals surface area contributed by atoms with Crippen LogP contribution < -0.4 is 10.3 Å². The first-order chi connectivity index (χ1) is 16.6. The van der Waals surface area contributed by atoms with Crippen LogP contribution in [0.25, 0.3) is 16.6 Å². The van der Waals surface area contributed by atoms with Gasteiger partial charge in [-0.05, 0) is 66.6 Å². The van der Waals surface area contributed by atoms with Crippen molar-refractivity contribution in [2.75, 3.05) is 0 Å². The van der Waals surface area contributed by atoms with Crippen molar-refractivity contribution < 1.29 is 4.74 Å². The topological polar surface area (TPSA) is 44.1 Å². The molecule has 0 amide bonds. The average Bonchev–Trinajstić information content (AvgIpc) is 2.86. The monoisotopic (exact) mass is 484 g/mol. The second-order valence-corrected chi connectivity index (χ2v) is 9.19. The number of aryl methyl sites for hydroxylation is 1. The number of para-hydroxylation sites is 2. The van der Waals surface area contributed by atoms with Crippen LogP contribution in [0.3, 0.4) is 0 Å². The second kappa shape index (κ2) is 9.75. The summed E-state index contributed by atoms with van der Waals surface area (Å²) < 4.78 is 7.61. The second-order valence-electron chi connectivity index (χ2n) is 7.84. The van der Waals surface area contributed by atoms with E-state index in [-0.39, 0.29) is 5.56 Å². The summed E-state index contributed by atoms with van der Waals surface area (Å²) in [6.07, 6.45) is 0. The molecule has 0 fully saturated rings. The van der Waals surface area contributed by atoms with Crippen molar-refractivity contribution in [3.8, 4) is 17.2 Å². The fourth-order valence-corrected chi connectivity index (χ4v) is 4.76. The van der Waals surface area contributed by atoms with E-state index in [1.165, 1.54) is 11.8 Å². The van der Waals surface area contributed by atoms with Gasteiger partial charge in [0.05, 0.1) is 16.6 Å². The van der Waals surface area contributed by atoms with Crippen LogP contribution in [-0.2, 0) is 5.75 Å². The molecule has 0 N–H and O–H groups in total. The lowest BCUT2D eigenvalue weighted by Crippen LogP contribution is -2.21. The molecule has 0 unspecified atom stereocenters. The van der Waals surface area contributed by atoms with Gasteiger partial charge in [0.25, 0.3) is 5.56 Å². The fourth-order valence-electron chi connectivity index (χ4n) is 3.63. The lowest BCUT2D eigenvalue weighted by molar-refractivity contribution is 0.482. The van der Waals surface area contributed by atoms with Gasteiger partial charge in [-0.25, -0.2) is 4.98 Å². The number of nitrogens with zero attached hydrogens (tertiary/aromatic N) is 2. The zero-order valence-corrected chi connectivity index (χ0v) is 20.0. The van der Waals surface area contributed by atoms with Crippen molar-refractivity contribution in [1.82, 2.24) is 9.55 Å². The Morgan fingerprint density at radius 1 is 0.882 bits per heavy atom. The van der Waals surface area contributed by atoms with E-state index in [2.05, 4.69) is 0 Å². The molecule has 168 valence electrons. The summed E-state index contributed by atoms with van der Waals surface area (Å²) in [5, 5.41) is 1.79. The van der Waals surface area contributed by atoms with Crippen molar-refractivity contribution in [3.05, 3.63) is 124 Å². The molecule has 0 radical (unpaired) electrons. The average molecular weight is 485 g/mol. The third kappa shape index (κ3) is 4.72. The van der Waals surface area contributed by atoms with Crippen LogP contribution in [0.15, 0.2) is 107 Å². The van der Waals surface area contributed by atoms with E-state index in [0.29, 0.717) is 32.5 Å². The van der Waals surface area contributed by atoms with Gasteiger partial charge in [0.1, 0.15) is 11.5 Å². The highest BCUT2D eigenvalue weighted by molar-refractivity contribution is 7.98. The molecule has 0 atom stereocenters. The minimum Gasteiger partial charge on any atom is -0.457 e. The van der Waals surface area contributed by atoms with Crippen LogP contribution in [0.4, 0.5) is 0 Å². The number of hydrogen-bond acceptors (Lipinski definition) is 4.